The van der Waals surface area contributed by atoms with Gasteiger partial charge in [-0.3, -0.25) is 0 Å². The monoisotopic (exact) mass is 533 g/mol. The SMILES string of the molecule is C=C/C(C)=C/n1ncc(/C(C=C)=C/C=C(\C)c2ccccc2)c1/N=C/C1CCN(C(=C)CN2CCCC2=C)CC1. The highest BCUT2D eigenvalue weighted by Gasteiger charge is 2.22. The Morgan fingerprint density at radius 1 is 1.05 bits per heavy atom. The molecule has 2 fully saturated rings. The van der Waals surface area contributed by atoms with Crippen LogP contribution in [0.25, 0.3) is 17.3 Å². The number of aliphatic imine (C=N–C) groups is 1. The summed E-state index contributed by atoms with van der Waals surface area (Å²) in [5, 5.41) is 4.65. The van der Waals surface area contributed by atoms with Gasteiger partial charge in [-0.05, 0) is 67.7 Å². The zero-order chi connectivity index (χ0) is 28.5. The van der Waals surface area contributed by atoms with Crippen molar-refractivity contribution < 1.29 is 0 Å². The highest BCUT2D eigenvalue weighted by atomic mass is 15.3. The summed E-state index contributed by atoms with van der Waals surface area (Å²) in [6.07, 6.45) is 18.3. The number of nitrogens with zero attached hydrogens (tertiary/aromatic N) is 5. The largest absolute Gasteiger partial charge is 0.374 e. The summed E-state index contributed by atoms with van der Waals surface area (Å²) in [7, 11) is 0. The molecule has 40 heavy (non-hydrogen) atoms. The molecule has 5 heteroatoms. The molecule has 5 nitrogen and oxygen atoms in total. The molecule has 0 atom stereocenters. The molecule has 0 saturated carbocycles. The maximum absolute atomic E-state index is 5.02. The summed E-state index contributed by atoms with van der Waals surface area (Å²) in [6.45, 7) is 24.7. The van der Waals surface area contributed by atoms with Gasteiger partial charge >= 0.3 is 0 Å². The molecule has 2 aliphatic heterocycles. The van der Waals surface area contributed by atoms with Crippen molar-refractivity contribution in [2.75, 3.05) is 26.2 Å². The summed E-state index contributed by atoms with van der Waals surface area (Å²) < 4.78 is 1.84. The van der Waals surface area contributed by atoms with Crippen molar-refractivity contribution in [3.63, 3.8) is 0 Å². The molecule has 4 rings (SSSR count). The first kappa shape index (κ1) is 28.9. The van der Waals surface area contributed by atoms with Crippen LogP contribution in [-0.4, -0.2) is 52.0 Å². The molecule has 0 aliphatic carbocycles. The van der Waals surface area contributed by atoms with Gasteiger partial charge in [-0.2, -0.15) is 5.10 Å². The van der Waals surface area contributed by atoms with Gasteiger partial charge in [0.25, 0.3) is 0 Å². The van der Waals surface area contributed by atoms with Crippen LogP contribution in [0.2, 0.25) is 0 Å². The quantitative estimate of drug-likeness (QED) is 0.216. The Morgan fingerprint density at radius 3 is 2.45 bits per heavy atom. The molecule has 0 N–H and O–H groups in total. The molecule has 2 saturated heterocycles. The summed E-state index contributed by atoms with van der Waals surface area (Å²) >= 11 is 0. The van der Waals surface area contributed by atoms with Gasteiger partial charge in [0.1, 0.15) is 0 Å². The zero-order valence-corrected chi connectivity index (χ0v) is 24.2. The summed E-state index contributed by atoms with van der Waals surface area (Å²) in [6, 6.07) is 10.4. The van der Waals surface area contributed by atoms with Crippen molar-refractivity contribution >= 4 is 29.4 Å². The van der Waals surface area contributed by atoms with Gasteiger partial charge in [-0.25, -0.2) is 9.67 Å². The van der Waals surface area contributed by atoms with Crippen molar-refractivity contribution in [3.05, 3.63) is 115 Å². The smallest absolute Gasteiger partial charge is 0.162 e. The van der Waals surface area contributed by atoms with Crippen LogP contribution < -0.4 is 0 Å². The second kappa shape index (κ2) is 13.8. The van der Waals surface area contributed by atoms with Crippen LogP contribution in [-0.2, 0) is 0 Å². The standard InChI is InChI=1S/C35H43N5/c1-7-27(3)25-40-35(34(24-37-40)32(8-2)17-16-28(4)33-14-10-9-11-15-33)36-23-31-18-21-38(22-19-31)30(6)26-39-20-12-13-29(39)5/h7-11,14-17,23-25,31H,1-2,5-6,12-13,18-22,26H2,3-4H3/b27-25+,28-16+,32-17+,36-23+. The van der Waals surface area contributed by atoms with Gasteiger partial charge in [0, 0.05) is 49.0 Å². The zero-order valence-electron chi connectivity index (χ0n) is 24.2. The molecule has 1 aromatic carbocycles. The molecule has 0 bridgehead atoms. The Bertz CT molecular complexity index is 1340. The summed E-state index contributed by atoms with van der Waals surface area (Å²) in [4.78, 5) is 9.83. The third-order valence-electron chi connectivity index (χ3n) is 7.80. The van der Waals surface area contributed by atoms with Crippen molar-refractivity contribution in [2.24, 2.45) is 10.9 Å². The Hall–Kier alpha value is -4.12. The lowest BCUT2D eigenvalue weighted by Gasteiger charge is -2.35. The van der Waals surface area contributed by atoms with Crippen LogP contribution in [0, 0.1) is 5.92 Å². The fourth-order valence-electron chi connectivity index (χ4n) is 5.15. The molecule has 208 valence electrons. The van der Waals surface area contributed by atoms with Crippen LogP contribution in [0.4, 0.5) is 5.82 Å². The summed E-state index contributed by atoms with van der Waals surface area (Å²) in [5.74, 6) is 1.21. The van der Waals surface area contributed by atoms with E-state index in [-0.39, 0.29) is 0 Å². The minimum Gasteiger partial charge on any atom is -0.374 e. The Balaban J connectivity index is 1.50. The fourth-order valence-corrected chi connectivity index (χ4v) is 5.15. The van der Waals surface area contributed by atoms with Crippen LogP contribution >= 0.6 is 0 Å². The van der Waals surface area contributed by atoms with E-state index < -0.39 is 0 Å². The van der Waals surface area contributed by atoms with Crippen LogP contribution in [0.5, 0.6) is 0 Å². The highest BCUT2D eigenvalue weighted by molar-refractivity contribution is 5.83. The Morgan fingerprint density at radius 2 is 1.80 bits per heavy atom. The molecule has 2 aliphatic rings. The molecule has 0 radical (unpaired) electrons. The molecule has 0 unspecified atom stereocenters. The van der Waals surface area contributed by atoms with E-state index in [2.05, 4.69) is 90.8 Å². The maximum atomic E-state index is 5.02. The normalized spacial score (nSPS) is 17.6. The third-order valence-corrected chi connectivity index (χ3v) is 7.80. The van der Waals surface area contributed by atoms with Gasteiger partial charge in [-0.15, -0.1) is 0 Å². The van der Waals surface area contributed by atoms with E-state index in [1.54, 1.807) is 0 Å². The molecular formula is C35H43N5. The number of hydrogen-bond acceptors (Lipinski definition) is 4. The first-order chi connectivity index (χ1) is 19.4. The number of benzene rings is 1. The highest BCUT2D eigenvalue weighted by Crippen LogP contribution is 2.30. The summed E-state index contributed by atoms with van der Waals surface area (Å²) in [5.41, 5.74) is 7.77. The minimum absolute atomic E-state index is 0.405. The van der Waals surface area contributed by atoms with Crippen molar-refractivity contribution in [1.29, 1.82) is 0 Å². The number of hydrogen-bond donors (Lipinski definition) is 0. The predicted molar refractivity (Wildman–Crippen MR) is 172 cm³/mol. The average Bonchev–Trinajstić information content (AvgIpc) is 3.57. The van der Waals surface area contributed by atoms with E-state index in [4.69, 9.17) is 4.99 Å². The number of rotatable bonds is 11. The van der Waals surface area contributed by atoms with E-state index in [0.29, 0.717) is 5.92 Å². The molecule has 3 heterocycles. The van der Waals surface area contributed by atoms with Gasteiger partial charge in [-0.1, -0.05) is 81.0 Å². The van der Waals surface area contributed by atoms with Gasteiger partial charge in [0.05, 0.1) is 12.7 Å². The first-order valence-corrected chi connectivity index (χ1v) is 14.2. The lowest BCUT2D eigenvalue weighted by molar-refractivity contribution is 0.241. The maximum Gasteiger partial charge on any atom is 0.162 e. The lowest BCUT2D eigenvalue weighted by atomic mass is 9.97. The first-order valence-electron chi connectivity index (χ1n) is 14.2. The van der Waals surface area contributed by atoms with Crippen molar-refractivity contribution in [3.8, 4) is 0 Å². The van der Waals surface area contributed by atoms with E-state index in [1.165, 1.54) is 29.0 Å². The molecule has 0 spiro atoms. The minimum atomic E-state index is 0.405. The van der Waals surface area contributed by atoms with Crippen LogP contribution in [0.1, 0.15) is 50.7 Å². The van der Waals surface area contributed by atoms with Crippen LogP contribution in [0.3, 0.4) is 0 Å². The fraction of sp³-hybridized carbons (Fsp3) is 0.314. The predicted octanol–water partition coefficient (Wildman–Crippen LogP) is 8.14. The van der Waals surface area contributed by atoms with E-state index in [1.807, 2.05) is 42.2 Å². The van der Waals surface area contributed by atoms with Gasteiger partial charge in [0.2, 0.25) is 0 Å². The molecule has 2 aromatic rings. The second-order valence-electron chi connectivity index (χ2n) is 10.7. The van der Waals surface area contributed by atoms with E-state index >= 15 is 0 Å². The second-order valence-corrected chi connectivity index (χ2v) is 10.7. The molecular weight excluding hydrogens is 490 g/mol. The Labute approximate surface area is 240 Å². The van der Waals surface area contributed by atoms with Crippen molar-refractivity contribution in [2.45, 2.75) is 39.5 Å². The third kappa shape index (κ3) is 7.29. The van der Waals surface area contributed by atoms with Crippen molar-refractivity contribution in [1.82, 2.24) is 19.6 Å². The van der Waals surface area contributed by atoms with E-state index in [9.17, 15) is 0 Å². The van der Waals surface area contributed by atoms with Crippen LogP contribution in [0.15, 0.2) is 109 Å². The van der Waals surface area contributed by atoms with E-state index in [0.717, 1.165) is 68.0 Å². The van der Waals surface area contributed by atoms with Gasteiger partial charge < -0.3 is 9.80 Å². The number of piperidine rings is 1. The number of allylic oxidation sites excluding steroid dienone is 8. The number of likely N-dealkylation sites (tertiary alicyclic amines) is 2. The average molecular weight is 534 g/mol. The van der Waals surface area contributed by atoms with Gasteiger partial charge in [0.15, 0.2) is 5.82 Å². The number of aromatic nitrogens is 2. The lowest BCUT2D eigenvalue weighted by Crippen LogP contribution is -2.37. The Kier molecular flexibility index (Phi) is 9.96. The molecule has 0 amide bonds. The molecule has 1 aromatic heterocycles. The topological polar surface area (TPSA) is 36.7 Å².